The van der Waals surface area contributed by atoms with Crippen LogP contribution in [0.25, 0.3) is 6.08 Å². The van der Waals surface area contributed by atoms with Gasteiger partial charge in [-0.25, -0.2) is 0 Å². The van der Waals surface area contributed by atoms with E-state index in [1.807, 2.05) is 12.1 Å². The van der Waals surface area contributed by atoms with Gasteiger partial charge in [-0.2, -0.15) is 0 Å². The van der Waals surface area contributed by atoms with Crippen LogP contribution in [0.3, 0.4) is 0 Å². The van der Waals surface area contributed by atoms with E-state index in [1.165, 1.54) is 0 Å². The third kappa shape index (κ3) is 5.44. The number of halogens is 2. The molecule has 0 aromatic heterocycles. The van der Waals surface area contributed by atoms with Crippen molar-refractivity contribution in [1.82, 2.24) is 4.90 Å². The van der Waals surface area contributed by atoms with Gasteiger partial charge in [0.1, 0.15) is 24.7 Å². The average Bonchev–Trinajstić information content (AvgIpc) is 2.96. The van der Waals surface area contributed by atoms with Crippen molar-refractivity contribution in [1.29, 1.82) is 0 Å². The Kier molecular flexibility index (Phi) is 7.41. The second-order valence-corrected chi connectivity index (χ2v) is 8.21. The average molecular weight is 495 g/mol. The minimum absolute atomic E-state index is 0.130. The van der Waals surface area contributed by atoms with E-state index in [0.29, 0.717) is 33.6 Å². The predicted octanol–water partition coefficient (Wildman–Crippen LogP) is 5.78. The molecule has 0 N–H and O–H groups in total. The highest BCUT2D eigenvalue weighted by molar-refractivity contribution is 9.10. The maximum atomic E-state index is 12.7. The van der Waals surface area contributed by atoms with E-state index in [2.05, 4.69) is 22.5 Å². The molecule has 5 nitrogen and oxygen atoms in total. The Hall–Kier alpha value is -2.22. The highest BCUT2D eigenvalue weighted by Gasteiger charge is 2.35. The SMILES string of the molecule is C=CCOc1ccc(Br)cc1/C=C1\SC(=O)N(CCOc2ccccc2Cl)C1=O. The van der Waals surface area contributed by atoms with Crippen LogP contribution in [0.1, 0.15) is 5.56 Å². The Morgan fingerprint density at radius 3 is 2.69 bits per heavy atom. The van der Waals surface area contributed by atoms with Crippen molar-refractivity contribution in [2.75, 3.05) is 19.8 Å². The highest BCUT2D eigenvalue weighted by atomic mass is 79.9. The van der Waals surface area contributed by atoms with E-state index in [1.54, 1.807) is 42.5 Å². The van der Waals surface area contributed by atoms with Gasteiger partial charge in [-0.3, -0.25) is 14.5 Å². The van der Waals surface area contributed by atoms with Crippen molar-refractivity contribution in [3.63, 3.8) is 0 Å². The molecule has 1 saturated heterocycles. The molecule has 2 aromatic carbocycles. The largest absolute Gasteiger partial charge is 0.490 e. The quantitative estimate of drug-likeness (QED) is 0.344. The molecule has 2 amide bonds. The topological polar surface area (TPSA) is 55.8 Å². The molecule has 0 spiro atoms. The van der Waals surface area contributed by atoms with E-state index in [-0.39, 0.29) is 24.3 Å². The lowest BCUT2D eigenvalue weighted by molar-refractivity contribution is -0.123. The van der Waals surface area contributed by atoms with Crippen molar-refractivity contribution in [3.05, 3.63) is 75.1 Å². The standard InChI is InChI=1S/C21H17BrClNO4S/c1-2-10-27-17-8-7-15(22)12-14(17)13-19-20(25)24(21(26)29-19)9-11-28-18-6-4-3-5-16(18)23/h2-8,12-13H,1,9-11H2/b19-13-. The van der Waals surface area contributed by atoms with Gasteiger partial charge >= 0.3 is 0 Å². The van der Waals surface area contributed by atoms with Crippen LogP contribution in [0.15, 0.2) is 64.5 Å². The Labute approximate surface area is 186 Å². The van der Waals surface area contributed by atoms with Crippen molar-refractivity contribution in [3.8, 4) is 11.5 Å². The minimum Gasteiger partial charge on any atom is -0.490 e. The van der Waals surface area contributed by atoms with Gasteiger partial charge in [-0.15, -0.1) is 0 Å². The summed E-state index contributed by atoms with van der Waals surface area (Å²) in [5.74, 6) is 0.745. The molecular weight excluding hydrogens is 478 g/mol. The third-order valence-corrected chi connectivity index (χ3v) is 5.61. The zero-order valence-electron chi connectivity index (χ0n) is 15.3. The van der Waals surface area contributed by atoms with Crippen molar-refractivity contribution >= 4 is 56.5 Å². The molecule has 0 saturated carbocycles. The number of ether oxygens (including phenoxy) is 2. The van der Waals surface area contributed by atoms with Crippen LogP contribution >= 0.6 is 39.3 Å². The van der Waals surface area contributed by atoms with Gasteiger partial charge in [0.15, 0.2) is 0 Å². The molecule has 0 aliphatic carbocycles. The molecule has 3 rings (SSSR count). The number of rotatable bonds is 8. The maximum absolute atomic E-state index is 12.7. The first-order chi connectivity index (χ1) is 14.0. The van der Waals surface area contributed by atoms with E-state index in [0.717, 1.165) is 21.1 Å². The summed E-state index contributed by atoms with van der Waals surface area (Å²) in [5, 5.41) is 0.135. The first kappa shape index (κ1) is 21.5. The summed E-state index contributed by atoms with van der Waals surface area (Å²) in [4.78, 5) is 26.5. The molecule has 1 fully saturated rings. The molecule has 0 bridgehead atoms. The summed E-state index contributed by atoms with van der Waals surface area (Å²) in [6.45, 7) is 4.25. The van der Waals surface area contributed by atoms with Crippen molar-refractivity contribution in [2.24, 2.45) is 0 Å². The predicted molar refractivity (Wildman–Crippen MR) is 119 cm³/mol. The number of benzene rings is 2. The van der Waals surface area contributed by atoms with Gasteiger partial charge in [0, 0.05) is 10.0 Å². The summed E-state index contributed by atoms with van der Waals surface area (Å²) in [6, 6.07) is 12.5. The number of hydrogen-bond acceptors (Lipinski definition) is 5. The number of imide groups is 1. The molecule has 0 atom stereocenters. The fourth-order valence-electron chi connectivity index (χ4n) is 2.55. The van der Waals surface area contributed by atoms with Crippen molar-refractivity contribution in [2.45, 2.75) is 0 Å². The molecule has 8 heteroatoms. The zero-order valence-corrected chi connectivity index (χ0v) is 18.4. The molecule has 150 valence electrons. The van der Waals surface area contributed by atoms with Gasteiger partial charge < -0.3 is 9.47 Å². The molecule has 29 heavy (non-hydrogen) atoms. The van der Waals surface area contributed by atoms with Gasteiger partial charge in [0.2, 0.25) is 0 Å². The number of amides is 2. The van der Waals surface area contributed by atoms with Crippen molar-refractivity contribution < 1.29 is 19.1 Å². The van der Waals surface area contributed by atoms with E-state index >= 15 is 0 Å². The summed E-state index contributed by atoms with van der Waals surface area (Å²) in [6.07, 6.45) is 3.29. The summed E-state index contributed by atoms with van der Waals surface area (Å²) >= 11 is 10.4. The molecule has 0 radical (unpaired) electrons. The summed E-state index contributed by atoms with van der Waals surface area (Å²) in [5.41, 5.74) is 0.694. The Morgan fingerprint density at radius 1 is 1.14 bits per heavy atom. The lowest BCUT2D eigenvalue weighted by Gasteiger charge is -2.13. The second kappa shape index (κ2) is 10.0. The first-order valence-corrected chi connectivity index (χ1v) is 10.6. The smallest absolute Gasteiger partial charge is 0.293 e. The fourth-order valence-corrected chi connectivity index (χ4v) is 3.98. The normalized spacial score (nSPS) is 15.1. The first-order valence-electron chi connectivity index (χ1n) is 8.65. The lowest BCUT2D eigenvalue weighted by atomic mass is 10.2. The molecule has 1 aliphatic rings. The number of carbonyl (C=O) groups excluding carboxylic acids is 2. The van der Waals surface area contributed by atoms with Crippen LogP contribution in [0.4, 0.5) is 4.79 Å². The van der Waals surface area contributed by atoms with Crippen LogP contribution in [0, 0.1) is 0 Å². The maximum Gasteiger partial charge on any atom is 0.293 e. The highest BCUT2D eigenvalue weighted by Crippen LogP contribution is 2.35. The second-order valence-electron chi connectivity index (χ2n) is 5.89. The molecule has 2 aromatic rings. The van der Waals surface area contributed by atoms with Gasteiger partial charge in [-0.1, -0.05) is 52.3 Å². The number of nitrogens with zero attached hydrogens (tertiary/aromatic N) is 1. The number of para-hydroxylation sites is 1. The van der Waals surface area contributed by atoms with Crippen LogP contribution in [0.5, 0.6) is 11.5 Å². The van der Waals surface area contributed by atoms with E-state index in [9.17, 15) is 9.59 Å². The Balaban J connectivity index is 1.71. The molecular formula is C21H17BrClNO4S. The third-order valence-electron chi connectivity index (χ3n) is 3.90. The van der Waals surface area contributed by atoms with Crippen LogP contribution in [-0.4, -0.2) is 35.8 Å². The van der Waals surface area contributed by atoms with Gasteiger partial charge in [0.05, 0.1) is 16.5 Å². The van der Waals surface area contributed by atoms with Crippen LogP contribution < -0.4 is 9.47 Å². The fraction of sp³-hybridized carbons (Fsp3) is 0.143. The number of thioether (sulfide) groups is 1. The monoisotopic (exact) mass is 493 g/mol. The van der Waals surface area contributed by atoms with E-state index < -0.39 is 0 Å². The number of hydrogen-bond donors (Lipinski definition) is 0. The lowest BCUT2D eigenvalue weighted by Crippen LogP contribution is -2.32. The van der Waals surface area contributed by atoms with Crippen LogP contribution in [-0.2, 0) is 4.79 Å². The van der Waals surface area contributed by atoms with Gasteiger partial charge in [0.25, 0.3) is 11.1 Å². The molecule has 1 aliphatic heterocycles. The number of carbonyl (C=O) groups is 2. The van der Waals surface area contributed by atoms with E-state index in [4.69, 9.17) is 21.1 Å². The summed E-state index contributed by atoms with van der Waals surface area (Å²) < 4.78 is 12.1. The summed E-state index contributed by atoms with van der Waals surface area (Å²) in [7, 11) is 0. The zero-order chi connectivity index (χ0) is 20.8. The molecule has 1 heterocycles. The Bertz CT molecular complexity index is 979. The van der Waals surface area contributed by atoms with Gasteiger partial charge in [-0.05, 0) is 48.2 Å². The Morgan fingerprint density at radius 2 is 1.93 bits per heavy atom. The molecule has 0 unspecified atom stereocenters. The minimum atomic E-state index is -0.364. The van der Waals surface area contributed by atoms with Crippen LogP contribution in [0.2, 0.25) is 5.02 Å².